The number of carbonyl (C=O) groups excluding carboxylic acids is 2. The second kappa shape index (κ2) is 9.80. The van der Waals surface area contributed by atoms with Gasteiger partial charge in [0.1, 0.15) is 11.5 Å². The minimum Gasteiger partial charge on any atom is -0.550 e. The van der Waals surface area contributed by atoms with Crippen LogP contribution in [0.3, 0.4) is 0 Å². The summed E-state index contributed by atoms with van der Waals surface area (Å²) in [6.45, 7) is 0. The number of aliphatic carboxylic acids is 2. The average Bonchev–Trinajstić information content (AvgIpc) is 2.61. The molecule has 0 bridgehead atoms. The molecule has 0 aliphatic rings. The lowest BCUT2D eigenvalue weighted by Gasteiger charge is -2.36. The summed E-state index contributed by atoms with van der Waals surface area (Å²) in [5.41, 5.74) is -1.17. The Morgan fingerprint density at radius 2 is 1.24 bits per heavy atom. The lowest BCUT2D eigenvalue weighted by atomic mass is 9.73. The van der Waals surface area contributed by atoms with E-state index < -0.39 is 23.8 Å². The first kappa shape index (κ1) is 24.2. The molecule has 0 heterocycles. The van der Waals surface area contributed by atoms with Gasteiger partial charge in [-0.3, -0.25) is 0 Å². The molecule has 0 amide bonds. The monoisotopic (exact) mass is 654 g/mol. The van der Waals surface area contributed by atoms with Gasteiger partial charge in [-0.25, -0.2) is 0 Å². The molecule has 0 unspecified atom stereocenters. The van der Waals surface area contributed by atoms with Gasteiger partial charge in [-0.1, -0.05) is 31.9 Å². The lowest BCUT2D eigenvalue weighted by molar-refractivity contribution is -0.321. The third kappa shape index (κ3) is 5.96. The fourth-order valence-electron chi connectivity index (χ4n) is 3.06. The number of carboxylic acids is 2. The van der Waals surface area contributed by atoms with Gasteiger partial charge < -0.3 is 30.0 Å². The second-order valence-corrected chi connectivity index (χ2v) is 10.1. The molecule has 0 saturated heterocycles. The van der Waals surface area contributed by atoms with E-state index >= 15 is 0 Å². The molecule has 10 heteroatoms. The van der Waals surface area contributed by atoms with E-state index in [9.17, 15) is 30.0 Å². The van der Waals surface area contributed by atoms with Crippen LogP contribution in [-0.2, 0) is 22.4 Å². The van der Waals surface area contributed by atoms with Gasteiger partial charge in [-0.2, -0.15) is 0 Å². The molecule has 0 radical (unpaired) electrons. The van der Waals surface area contributed by atoms with Crippen LogP contribution < -0.4 is 10.2 Å². The van der Waals surface area contributed by atoms with Gasteiger partial charge in [-0.15, -0.1) is 0 Å². The maximum absolute atomic E-state index is 12.3. The molecule has 0 aliphatic carbocycles. The number of carbonyl (C=O) groups is 2. The molecule has 0 fully saturated rings. The highest BCUT2D eigenvalue weighted by Crippen LogP contribution is 2.42. The van der Waals surface area contributed by atoms with Gasteiger partial charge in [0.05, 0.1) is 8.95 Å². The highest BCUT2D eigenvalue weighted by atomic mass is 79.9. The molecule has 6 nitrogen and oxygen atoms in total. The van der Waals surface area contributed by atoms with Crippen LogP contribution in [-0.4, -0.2) is 22.2 Å². The Labute approximate surface area is 200 Å². The molecule has 2 rings (SSSR count). The van der Waals surface area contributed by atoms with Crippen LogP contribution in [0.25, 0.3) is 0 Å². The Balaban J connectivity index is 2.59. The Hall–Kier alpha value is -1.10. The summed E-state index contributed by atoms with van der Waals surface area (Å²) in [6, 6.07) is 6.29. The third-order valence-electron chi connectivity index (χ3n) is 4.51. The van der Waals surface area contributed by atoms with E-state index in [2.05, 4.69) is 63.7 Å². The summed E-state index contributed by atoms with van der Waals surface area (Å²) in [6.07, 6.45) is -1.29. The number of phenolic OH excluding ortho intramolecular Hbond substituents is 2. The molecule has 0 aromatic heterocycles. The van der Waals surface area contributed by atoms with Crippen molar-refractivity contribution in [3.63, 3.8) is 0 Å². The quantitative estimate of drug-likeness (QED) is 0.450. The van der Waals surface area contributed by atoms with Crippen molar-refractivity contribution in [3.05, 3.63) is 53.3 Å². The molecular formula is C19H14Br4O6-2. The van der Waals surface area contributed by atoms with Crippen LogP contribution >= 0.6 is 63.7 Å². The molecule has 156 valence electrons. The van der Waals surface area contributed by atoms with Crippen LogP contribution in [0.5, 0.6) is 11.5 Å². The minimum absolute atomic E-state index is 0.160. The Kier molecular flexibility index (Phi) is 8.17. The minimum atomic E-state index is -1.73. The summed E-state index contributed by atoms with van der Waals surface area (Å²) in [5, 5.41) is 44.1. The molecule has 29 heavy (non-hydrogen) atoms. The van der Waals surface area contributed by atoms with Crippen molar-refractivity contribution >= 4 is 75.7 Å². The SMILES string of the molecule is O=C([O-])CCC(Cc1cc(Br)cc(Br)c1O)(Cc1cc(Br)cc(Br)c1O)C(=O)[O-]. The molecule has 2 N–H and O–H groups in total. The van der Waals surface area contributed by atoms with Gasteiger partial charge in [0, 0.05) is 26.3 Å². The maximum Gasteiger partial charge on any atom is 0.133 e. The van der Waals surface area contributed by atoms with Gasteiger partial charge in [0.25, 0.3) is 0 Å². The molecule has 2 aromatic rings. The number of carboxylic acid groups (broad SMARTS) is 2. The summed E-state index contributed by atoms with van der Waals surface area (Å²) in [4.78, 5) is 23.3. The smallest absolute Gasteiger partial charge is 0.133 e. The normalized spacial score (nSPS) is 11.4. The summed E-state index contributed by atoms with van der Waals surface area (Å²) in [5.74, 6) is -3.22. The molecule has 0 spiro atoms. The second-order valence-electron chi connectivity index (χ2n) is 6.58. The summed E-state index contributed by atoms with van der Waals surface area (Å²) in [7, 11) is 0. The number of rotatable bonds is 8. The van der Waals surface area contributed by atoms with Crippen LogP contribution in [0, 0.1) is 5.41 Å². The molecule has 0 saturated carbocycles. The van der Waals surface area contributed by atoms with Crippen LogP contribution in [0.4, 0.5) is 0 Å². The standard InChI is InChI=1S/C19H16Br4O6/c20-11-3-9(16(26)13(22)5-11)7-19(18(28)29,2-1-15(24)25)8-10-4-12(21)6-14(23)17(10)27/h3-6,26-27H,1-2,7-8H2,(H,24,25)(H,28,29)/p-2. The third-order valence-corrected chi connectivity index (χ3v) is 6.64. The topological polar surface area (TPSA) is 121 Å². The first-order chi connectivity index (χ1) is 13.4. The van der Waals surface area contributed by atoms with Crippen LogP contribution in [0.2, 0.25) is 0 Å². The van der Waals surface area contributed by atoms with Crippen molar-refractivity contribution in [2.24, 2.45) is 5.41 Å². The molecular weight excluding hydrogens is 644 g/mol. The Morgan fingerprint density at radius 3 is 1.59 bits per heavy atom. The zero-order chi connectivity index (χ0) is 21.9. The van der Waals surface area contributed by atoms with Crippen molar-refractivity contribution in [1.29, 1.82) is 0 Å². The first-order valence-electron chi connectivity index (χ1n) is 8.20. The number of halogens is 4. The first-order valence-corrected chi connectivity index (χ1v) is 11.4. The highest BCUT2D eigenvalue weighted by Gasteiger charge is 2.35. The predicted molar refractivity (Wildman–Crippen MR) is 116 cm³/mol. The van der Waals surface area contributed by atoms with E-state index in [1.807, 2.05) is 0 Å². The lowest BCUT2D eigenvalue weighted by Crippen LogP contribution is -2.46. The number of phenols is 2. The number of aromatic hydroxyl groups is 2. The summed E-state index contributed by atoms with van der Waals surface area (Å²) >= 11 is 13.0. The molecule has 2 aromatic carbocycles. The van der Waals surface area contributed by atoms with Crippen molar-refractivity contribution in [2.45, 2.75) is 25.7 Å². The van der Waals surface area contributed by atoms with Crippen molar-refractivity contribution < 1.29 is 30.0 Å². The van der Waals surface area contributed by atoms with Gasteiger partial charge in [0.15, 0.2) is 0 Å². The molecule has 0 aliphatic heterocycles. The van der Waals surface area contributed by atoms with Gasteiger partial charge in [0.2, 0.25) is 0 Å². The largest absolute Gasteiger partial charge is 0.550 e. The van der Waals surface area contributed by atoms with Gasteiger partial charge in [-0.05, 0) is 92.9 Å². The number of hydrogen-bond acceptors (Lipinski definition) is 6. The number of benzene rings is 2. The number of hydrogen-bond donors (Lipinski definition) is 2. The summed E-state index contributed by atoms with van der Waals surface area (Å²) < 4.78 is 1.89. The predicted octanol–water partition coefficient (Wildman–Crippen LogP) is 3.20. The van der Waals surface area contributed by atoms with E-state index in [0.717, 1.165) is 0 Å². The highest BCUT2D eigenvalue weighted by molar-refractivity contribution is 9.11. The molecule has 0 atom stereocenters. The van der Waals surface area contributed by atoms with Crippen molar-refractivity contribution in [3.8, 4) is 11.5 Å². The Bertz CT molecular complexity index is 901. The zero-order valence-corrected chi connectivity index (χ0v) is 21.0. The van der Waals surface area contributed by atoms with E-state index in [1.165, 1.54) is 0 Å². The van der Waals surface area contributed by atoms with E-state index in [0.29, 0.717) is 17.9 Å². The van der Waals surface area contributed by atoms with E-state index in [1.54, 1.807) is 24.3 Å². The Morgan fingerprint density at radius 1 is 0.828 bits per heavy atom. The average molecular weight is 658 g/mol. The van der Waals surface area contributed by atoms with Gasteiger partial charge >= 0.3 is 0 Å². The van der Waals surface area contributed by atoms with Crippen molar-refractivity contribution in [1.82, 2.24) is 0 Å². The van der Waals surface area contributed by atoms with E-state index in [-0.39, 0.29) is 41.9 Å². The fraction of sp³-hybridized carbons (Fsp3) is 0.263. The van der Waals surface area contributed by atoms with E-state index in [4.69, 9.17) is 0 Å². The van der Waals surface area contributed by atoms with Crippen LogP contribution in [0.1, 0.15) is 24.0 Å². The fourth-order valence-corrected chi connectivity index (χ4v) is 5.69. The van der Waals surface area contributed by atoms with Crippen molar-refractivity contribution in [2.75, 3.05) is 0 Å². The maximum atomic E-state index is 12.3. The zero-order valence-electron chi connectivity index (χ0n) is 14.7. The van der Waals surface area contributed by atoms with Crippen LogP contribution in [0.15, 0.2) is 42.2 Å².